The second-order valence-electron chi connectivity index (χ2n) is 3.97. The van der Waals surface area contributed by atoms with Crippen molar-refractivity contribution in [2.75, 3.05) is 18.2 Å². The van der Waals surface area contributed by atoms with Crippen LogP contribution in [0.1, 0.15) is 21.1 Å². The van der Waals surface area contributed by atoms with E-state index in [1.54, 1.807) is 29.5 Å². The normalized spacial score (nSPS) is 10.2. The number of aryl methyl sites for hydroxylation is 1. The third kappa shape index (κ3) is 3.03. The average molecular weight is 277 g/mol. The Kier molecular flexibility index (Phi) is 4.01. The number of nitrogens with two attached hydrogens (primary N) is 1. The summed E-state index contributed by atoms with van der Waals surface area (Å²) >= 11 is 1.58. The summed E-state index contributed by atoms with van der Waals surface area (Å²) in [5.41, 5.74) is 8.33. The van der Waals surface area contributed by atoms with Gasteiger partial charge in [-0.05, 0) is 19.1 Å². The van der Waals surface area contributed by atoms with E-state index in [1.807, 2.05) is 12.3 Å². The third-order valence-corrected chi connectivity index (χ3v) is 3.44. The van der Waals surface area contributed by atoms with Gasteiger partial charge in [-0.3, -0.25) is 0 Å². The summed E-state index contributed by atoms with van der Waals surface area (Å²) in [7, 11) is 1.35. The van der Waals surface area contributed by atoms with Gasteiger partial charge in [0.1, 0.15) is 0 Å². The number of hydrogen-bond acceptors (Lipinski definition) is 6. The molecule has 2 rings (SSSR count). The van der Waals surface area contributed by atoms with Gasteiger partial charge in [-0.15, -0.1) is 11.3 Å². The van der Waals surface area contributed by atoms with Crippen LogP contribution in [0.4, 0.5) is 11.4 Å². The van der Waals surface area contributed by atoms with Gasteiger partial charge in [-0.2, -0.15) is 0 Å². The number of ether oxygens (including phenoxy) is 1. The quantitative estimate of drug-likeness (QED) is 0.663. The van der Waals surface area contributed by atoms with Crippen molar-refractivity contribution in [3.63, 3.8) is 0 Å². The van der Waals surface area contributed by atoms with Crippen molar-refractivity contribution in [3.8, 4) is 0 Å². The molecule has 0 spiro atoms. The largest absolute Gasteiger partial charge is 0.465 e. The Bertz CT molecular complexity index is 595. The minimum Gasteiger partial charge on any atom is -0.465 e. The number of thiazole rings is 1. The van der Waals surface area contributed by atoms with Gasteiger partial charge in [0.05, 0.1) is 41.3 Å². The van der Waals surface area contributed by atoms with Crippen molar-refractivity contribution in [1.82, 2.24) is 4.98 Å². The number of hydrogen-bond donors (Lipinski definition) is 2. The number of nitrogen functional groups attached to an aromatic ring is 1. The fourth-order valence-corrected chi connectivity index (χ4v) is 2.33. The number of carbonyl (C=O) groups excluding carboxylic acids is 1. The molecular weight excluding hydrogens is 262 g/mol. The first-order valence-electron chi connectivity index (χ1n) is 5.73. The molecule has 1 heterocycles. The zero-order valence-electron chi connectivity index (χ0n) is 10.8. The molecule has 0 saturated carbocycles. The van der Waals surface area contributed by atoms with Gasteiger partial charge in [0, 0.05) is 5.38 Å². The lowest BCUT2D eigenvalue weighted by Gasteiger charge is -2.12. The summed E-state index contributed by atoms with van der Waals surface area (Å²) in [6.45, 7) is 2.47. The molecule has 0 aliphatic carbocycles. The molecule has 0 amide bonds. The number of aromatic nitrogens is 1. The predicted molar refractivity (Wildman–Crippen MR) is 76.4 cm³/mol. The highest BCUT2D eigenvalue weighted by molar-refractivity contribution is 7.09. The summed E-state index contributed by atoms with van der Waals surface area (Å²) in [5, 5.41) is 6.12. The fourth-order valence-electron chi connectivity index (χ4n) is 1.72. The summed E-state index contributed by atoms with van der Waals surface area (Å²) < 4.78 is 4.74. The maximum Gasteiger partial charge on any atom is 0.340 e. The SMILES string of the molecule is COC(=O)c1cccc(N)c1NCc1csc(C)n1. The van der Waals surface area contributed by atoms with E-state index in [-0.39, 0.29) is 0 Å². The zero-order chi connectivity index (χ0) is 13.8. The van der Waals surface area contributed by atoms with E-state index < -0.39 is 5.97 Å². The number of anilines is 2. The lowest BCUT2D eigenvalue weighted by Crippen LogP contribution is -2.10. The number of para-hydroxylation sites is 1. The van der Waals surface area contributed by atoms with Crippen molar-refractivity contribution in [2.45, 2.75) is 13.5 Å². The van der Waals surface area contributed by atoms with Crippen LogP contribution in [0.25, 0.3) is 0 Å². The topological polar surface area (TPSA) is 77.2 Å². The first kappa shape index (κ1) is 13.4. The molecule has 6 heteroatoms. The van der Waals surface area contributed by atoms with Gasteiger partial charge < -0.3 is 15.8 Å². The Labute approximate surface area is 115 Å². The first-order chi connectivity index (χ1) is 9.11. The van der Waals surface area contributed by atoms with Crippen LogP contribution >= 0.6 is 11.3 Å². The van der Waals surface area contributed by atoms with Crippen molar-refractivity contribution >= 4 is 28.7 Å². The van der Waals surface area contributed by atoms with E-state index >= 15 is 0 Å². The minimum atomic E-state index is -0.413. The molecule has 19 heavy (non-hydrogen) atoms. The zero-order valence-corrected chi connectivity index (χ0v) is 11.6. The van der Waals surface area contributed by atoms with E-state index in [0.29, 0.717) is 23.5 Å². The molecule has 0 atom stereocenters. The summed E-state index contributed by atoms with van der Waals surface area (Å²) in [5.74, 6) is -0.413. The van der Waals surface area contributed by atoms with Crippen LogP contribution in [-0.4, -0.2) is 18.1 Å². The number of nitrogens with zero attached hydrogens (tertiary/aromatic N) is 1. The van der Waals surface area contributed by atoms with Gasteiger partial charge in [0.2, 0.25) is 0 Å². The van der Waals surface area contributed by atoms with Crippen LogP contribution in [0.2, 0.25) is 0 Å². The fraction of sp³-hybridized carbons (Fsp3) is 0.231. The van der Waals surface area contributed by atoms with Gasteiger partial charge in [0.15, 0.2) is 0 Å². The monoisotopic (exact) mass is 277 g/mol. The molecule has 0 bridgehead atoms. The van der Waals surface area contributed by atoms with Gasteiger partial charge >= 0.3 is 5.97 Å². The Hall–Kier alpha value is -2.08. The van der Waals surface area contributed by atoms with Crippen LogP contribution in [0.15, 0.2) is 23.6 Å². The highest BCUT2D eigenvalue weighted by Gasteiger charge is 2.14. The Morgan fingerprint density at radius 2 is 2.32 bits per heavy atom. The molecule has 1 aromatic carbocycles. The van der Waals surface area contributed by atoms with Gasteiger partial charge in [-0.1, -0.05) is 6.07 Å². The minimum absolute atomic E-state index is 0.413. The lowest BCUT2D eigenvalue weighted by molar-refractivity contribution is 0.0602. The van der Waals surface area contributed by atoms with E-state index in [4.69, 9.17) is 10.5 Å². The molecule has 100 valence electrons. The highest BCUT2D eigenvalue weighted by Crippen LogP contribution is 2.25. The third-order valence-electron chi connectivity index (χ3n) is 2.61. The van der Waals surface area contributed by atoms with E-state index in [2.05, 4.69) is 10.3 Å². The van der Waals surface area contributed by atoms with Crippen LogP contribution in [-0.2, 0) is 11.3 Å². The molecule has 0 saturated heterocycles. The maximum atomic E-state index is 11.7. The Morgan fingerprint density at radius 1 is 1.53 bits per heavy atom. The smallest absolute Gasteiger partial charge is 0.340 e. The number of methoxy groups -OCH3 is 1. The van der Waals surface area contributed by atoms with Crippen LogP contribution in [0.5, 0.6) is 0 Å². The molecule has 2 aromatic rings. The van der Waals surface area contributed by atoms with Crippen LogP contribution in [0, 0.1) is 6.92 Å². The molecule has 0 aliphatic heterocycles. The number of esters is 1. The summed E-state index contributed by atoms with van der Waals surface area (Å²) in [4.78, 5) is 16.0. The standard InChI is InChI=1S/C13H15N3O2S/c1-8-16-9(7-19-8)6-15-12-10(13(17)18-2)4-3-5-11(12)14/h3-5,7,15H,6,14H2,1-2H3. The predicted octanol–water partition coefficient (Wildman–Crippen LogP) is 2.43. The molecular formula is C13H15N3O2S. The maximum absolute atomic E-state index is 11.7. The lowest BCUT2D eigenvalue weighted by atomic mass is 10.1. The van der Waals surface area contributed by atoms with E-state index in [1.165, 1.54) is 7.11 Å². The van der Waals surface area contributed by atoms with Gasteiger partial charge in [-0.25, -0.2) is 9.78 Å². The van der Waals surface area contributed by atoms with Crippen molar-refractivity contribution in [3.05, 3.63) is 39.8 Å². The second-order valence-corrected chi connectivity index (χ2v) is 5.04. The summed E-state index contributed by atoms with van der Waals surface area (Å²) in [6, 6.07) is 5.14. The molecule has 0 aliphatic rings. The highest BCUT2D eigenvalue weighted by atomic mass is 32.1. The van der Waals surface area contributed by atoms with Crippen LogP contribution in [0.3, 0.4) is 0 Å². The van der Waals surface area contributed by atoms with Crippen molar-refractivity contribution in [1.29, 1.82) is 0 Å². The molecule has 0 fully saturated rings. The molecule has 0 radical (unpaired) electrons. The number of carbonyl (C=O) groups is 1. The number of benzene rings is 1. The average Bonchev–Trinajstić information content (AvgIpc) is 2.82. The van der Waals surface area contributed by atoms with E-state index in [0.717, 1.165) is 10.7 Å². The Balaban J connectivity index is 2.21. The molecule has 5 nitrogen and oxygen atoms in total. The van der Waals surface area contributed by atoms with Crippen molar-refractivity contribution in [2.24, 2.45) is 0 Å². The first-order valence-corrected chi connectivity index (χ1v) is 6.61. The molecule has 3 N–H and O–H groups in total. The molecule has 0 unspecified atom stereocenters. The van der Waals surface area contributed by atoms with E-state index in [9.17, 15) is 4.79 Å². The van der Waals surface area contributed by atoms with Gasteiger partial charge in [0.25, 0.3) is 0 Å². The molecule has 1 aromatic heterocycles. The summed E-state index contributed by atoms with van der Waals surface area (Å²) in [6.07, 6.45) is 0. The van der Waals surface area contributed by atoms with Crippen molar-refractivity contribution < 1.29 is 9.53 Å². The second kappa shape index (κ2) is 5.71. The Morgan fingerprint density at radius 3 is 2.95 bits per heavy atom. The number of nitrogens with one attached hydrogen (secondary N) is 1. The number of rotatable bonds is 4. The van der Waals surface area contributed by atoms with Crippen LogP contribution < -0.4 is 11.1 Å².